The molecule has 154 valence electrons. The van der Waals surface area contributed by atoms with Crippen LogP contribution >= 0.6 is 11.3 Å². The Morgan fingerprint density at radius 1 is 1.28 bits per heavy atom. The molecule has 1 fully saturated rings. The monoisotopic (exact) mass is 417 g/mol. The smallest absolute Gasteiger partial charge is 0.251 e. The first-order valence-electron chi connectivity index (χ1n) is 9.51. The molecule has 8 heteroatoms. The summed E-state index contributed by atoms with van der Waals surface area (Å²) in [6, 6.07) is 3.72. The molecule has 0 unspecified atom stereocenters. The number of anilines is 3. The molecule has 0 atom stereocenters. The Hall–Kier alpha value is -2.61. The maximum Gasteiger partial charge on any atom is 0.251 e. The van der Waals surface area contributed by atoms with Crippen molar-refractivity contribution in [3.05, 3.63) is 47.3 Å². The molecule has 0 radical (unpaired) electrons. The van der Waals surface area contributed by atoms with Gasteiger partial charge in [-0.2, -0.15) is 0 Å². The van der Waals surface area contributed by atoms with Crippen LogP contribution in [-0.2, 0) is 0 Å². The molecule has 5 nitrogen and oxygen atoms in total. The highest BCUT2D eigenvalue weighted by atomic mass is 32.1. The van der Waals surface area contributed by atoms with Crippen LogP contribution in [0.4, 0.5) is 25.4 Å². The van der Waals surface area contributed by atoms with E-state index in [4.69, 9.17) is 0 Å². The molecule has 0 amide bonds. The Morgan fingerprint density at radius 3 is 2.76 bits per heavy atom. The highest BCUT2D eigenvalue weighted by Crippen LogP contribution is 2.32. The van der Waals surface area contributed by atoms with Gasteiger partial charge in [-0.1, -0.05) is 17.4 Å². The van der Waals surface area contributed by atoms with Gasteiger partial charge in [0.1, 0.15) is 5.82 Å². The molecule has 0 saturated carbocycles. The number of nitrogens with one attached hydrogen (secondary N) is 1. The van der Waals surface area contributed by atoms with Crippen LogP contribution in [0.5, 0.6) is 0 Å². The van der Waals surface area contributed by atoms with E-state index in [0.717, 1.165) is 26.8 Å². The summed E-state index contributed by atoms with van der Waals surface area (Å²) in [6.45, 7) is 6.65. The number of aliphatic imine (C=N–C) groups is 1. The van der Waals surface area contributed by atoms with Crippen molar-refractivity contribution in [2.45, 2.75) is 39.5 Å². The van der Waals surface area contributed by atoms with Crippen LogP contribution in [0.1, 0.15) is 38.5 Å². The molecule has 0 spiro atoms. The molecule has 29 heavy (non-hydrogen) atoms. The third kappa shape index (κ3) is 5.93. The van der Waals surface area contributed by atoms with E-state index >= 15 is 0 Å². The number of hydrogen-bond acceptors (Lipinski definition) is 6. The van der Waals surface area contributed by atoms with Crippen LogP contribution in [-0.4, -0.2) is 35.2 Å². The normalized spacial score (nSPS) is 17.8. The Kier molecular flexibility index (Phi) is 6.74. The summed E-state index contributed by atoms with van der Waals surface area (Å²) in [5.74, 6) is -1.91. The summed E-state index contributed by atoms with van der Waals surface area (Å²) in [6.07, 6.45) is 8.88. The molecule has 1 aliphatic heterocycles. The summed E-state index contributed by atoms with van der Waals surface area (Å²) in [5.41, 5.74) is 3.01. The molecule has 0 bridgehead atoms. The summed E-state index contributed by atoms with van der Waals surface area (Å²) in [5, 5.41) is 3.92. The minimum absolute atomic E-state index is 0.115. The van der Waals surface area contributed by atoms with Gasteiger partial charge < -0.3 is 10.2 Å². The number of aromatic nitrogens is 2. The zero-order valence-corrected chi connectivity index (χ0v) is 17.6. The fourth-order valence-corrected chi connectivity index (χ4v) is 3.59. The molecule has 0 aromatic carbocycles. The molecule has 1 aliphatic rings. The second kappa shape index (κ2) is 9.26. The first kappa shape index (κ1) is 21.1. The second-order valence-electron chi connectivity index (χ2n) is 7.02. The Labute approximate surface area is 173 Å². The van der Waals surface area contributed by atoms with Gasteiger partial charge in [-0.25, -0.2) is 18.7 Å². The van der Waals surface area contributed by atoms with Crippen molar-refractivity contribution in [2.24, 2.45) is 4.99 Å². The van der Waals surface area contributed by atoms with Gasteiger partial charge in [0, 0.05) is 62.5 Å². The molecule has 1 saturated heterocycles. The van der Waals surface area contributed by atoms with Gasteiger partial charge in [0.15, 0.2) is 5.13 Å². The number of allylic oxidation sites excluding steroid dienone is 3. The van der Waals surface area contributed by atoms with E-state index in [-0.39, 0.29) is 12.8 Å². The average Bonchev–Trinajstić information content (AvgIpc) is 3.16. The summed E-state index contributed by atoms with van der Waals surface area (Å²) in [7, 11) is 0. The fourth-order valence-electron chi connectivity index (χ4n) is 2.81. The van der Waals surface area contributed by atoms with Gasteiger partial charge in [-0.05, 0) is 38.0 Å². The van der Waals surface area contributed by atoms with Crippen LogP contribution in [0.3, 0.4) is 0 Å². The number of alkyl halides is 2. The number of nitrogens with zero attached hydrogens (tertiary/aromatic N) is 4. The highest BCUT2D eigenvalue weighted by Gasteiger charge is 2.34. The zero-order chi connectivity index (χ0) is 20.9. The van der Waals surface area contributed by atoms with Gasteiger partial charge in [0.05, 0.1) is 4.88 Å². The van der Waals surface area contributed by atoms with Crippen LogP contribution in [0.15, 0.2) is 47.4 Å². The fraction of sp³-hybridized carbons (Fsp3) is 0.381. The van der Waals surface area contributed by atoms with Gasteiger partial charge in [-0.3, -0.25) is 4.99 Å². The van der Waals surface area contributed by atoms with Crippen molar-refractivity contribution in [3.63, 3.8) is 0 Å². The van der Waals surface area contributed by atoms with E-state index in [0.29, 0.717) is 18.9 Å². The highest BCUT2D eigenvalue weighted by molar-refractivity contribution is 7.16. The largest absolute Gasteiger partial charge is 0.371 e. The third-order valence-corrected chi connectivity index (χ3v) is 5.78. The lowest BCUT2D eigenvalue weighted by molar-refractivity contribution is -0.0220. The maximum atomic E-state index is 13.4. The summed E-state index contributed by atoms with van der Waals surface area (Å²) < 4.78 is 26.8. The van der Waals surface area contributed by atoms with E-state index in [9.17, 15) is 8.78 Å². The second-order valence-corrected chi connectivity index (χ2v) is 8.05. The van der Waals surface area contributed by atoms with Crippen molar-refractivity contribution in [1.29, 1.82) is 0 Å². The first-order valence-corrected chi connectivity index (χ1v) is 10.3. The van der Waals surface area contributed by atoms with Crippen molar-refractivity contribution >= 4 is 39.8 Å². The average molecular weight is 418 g/mol. The molecule has 2 aromatic rings. The van der Waals surface area contributed by atoms with Crippen molar-refractivity contribution in [2.75, 3.05) is 23.3 Å². The molecular weight excluding hydrogens is 392 g/mol. The summed E-state index contributed by atoms with van der Waals surface area (Å²) in [4.78, 5) is 16.0. The lowest BCUT2D eigenvalue weighted by Gasteiger charge is -2.33. The molecule has 3 rings (SSSR count). The van der Waals surface area contributed by atoms with E-state index < -0.39 is 5.92 Å². The number of piperidine rings is 1. The number of pyridine rings is 1. The molecule has 1 N–H and O–H groups in total. The minimum atomic E-state index is -2.55. The van der Waals surface area contributed by atoms with Crippen molar-refractivity contribution < 1.29 is 8.78 Å². The van der Waals surface area contributed by atoms with E-state index in [1.54, 1.807) is 12.4 Å². The molecule has 3 heterocycles. The van der Waals surface area contributed by atoms with E-state index in [1.807, 2.05) is 56.3 Å². The number of hydrogen-bond donors (Lipinski definition) is 1. The van der Waals surface area contributed by atoms with E-state index in [1.165, 1.54) is 11.3 Å². The first-order chi connectivity index (χ1) is 13.9. The van der Waals surface area contributed by atoms with Crippen molar-refractivity contribution in [1.82, 2.24) is 9.97 Å². The quantitative estimate of drug-likeness (QED) is 0.593. The van der Waals surface area contributed by atoms with Crippen LogP contribution in [0.25, 0.3) is 5.57 Å². The lowest BCUT2D eigenvalue weighted by atomic mass is 10.1. The number of thiazole rings is 1. The lowest BCUT2D eigenvalue weighted by Crippen LogP contribution is -2.39. The van der Waals surface area contributed by atoms with Crippen LogP contribution < -0.4 is 10.2 Å². The van der Waals surface area contributed by atoms with Crippen LogP contribution in [0.2, 0.25) is 0 Å². The van der Waals surface area contributed by atoms with Gasteiger partial charge in [-0.15, -0.1) is 0 Å². The van der Waals surface area contributed by atoms with Gasteiger partial charge in [0.2, 0.25) is 0 Å². The zero-order valence-electron chi connectivity index (χ0n) is 16.8. The van der Waals surface area contributed by atoms with Gasteiger partial charge >= 0.3 is 0 Å². The minimum Gasteiger partial charge on any atom is -0.371 e. The Balaban J connectivity index is 1.66. The maximum absolute atomic E-state index is 13.4. The predicted octanol–water partition coefficient (Wildman–Crippen LogP) is 5.92. The third-order valence-electron chi connectivity index (χ3n) is 4.73. The van der Waals surface area contributed by atoms with E-state index in [2.05, 4.69) is 20.3 Å². The van der Waals surface area contributed by atoms with Crippen molar-refractivity contribution in [3.8, 4) is 0 Å². The topological polar surface area (TPSA) is 53.4 Å². The Bertz CT molecular complexity index is 923. The molecule has 2 aromatic heterocycles. The number of halogens is 2. The Morgan fingerprint density at radius 2 is 2.03 bits per heavy atom. The number of rotatable bonds is 6. The summed E-state index contributed by atoms with van der Waals surface area (Å²) >= 11 is 1.51. The SMILES string of the molecule is C\C=C(C)/C=N\C=C(/C)c1cnc(Nc2cc(N3CCC(F)(F)CC3)ccn2)s1. The molecule has 0 aliphatic carbocycles. The van der Waals surface area contributed by atoms with Gasteiger partial charge in [0.25, 0.3) is 5.92 Å². The van der Waals surface area contributed by atoms with Crippen LogP contribution in [0, 0.1) is 0 Å². The predicted molar refractivity (Wildman–Crippen MR) is 118 cm³/mol. The standard InChI is InChI=1S/C21H25F2N5S/c1-4-15(2)12-24-13-16(3)18-14-26-20(29-18)27-19-11-17(5-8-25-19)28-9-6-21(22,23)7-10-28/h4-5,8,11-14H,6-7,9-10H2,1-3H3,(H,25,26,27)/b15-4-,16-13+,24-12-. The molecular formula is C21H25F2N5S.